The molecule has 0 unspecified atom stereocenters. The number of hydrogen-bond donors (Lipinski definition) is 0. The van der Waals surface area contributed by atoms with E-state index in [1.165, 1.54) is 37.1 Å². The molecule has 0 saturated carbocycles. The summed E-state index contributed by atoms with van der Waals surface area (Å²) in [6.45, 7) is 4.83. The van der Waals surface area contributed by atoms with Crippen LogP contribution < -0.4 is 9.47 Å². The summed E-state index contributed by atoms with van der Waals surface area (Å²) in [5, 5.41) is 0. The van der Waals surface area contributed by atoms with E-state index in [1.54, 1.807) is 0 Å². The molecular formula is C28H38F4O2. The Morgan fingerprint density at radius 3 is 1.21 bits per heavy atom. The zero-order valence-electron chi connectivity index (χ0n) is 20.5. The van der Waals surface area contributed by atoms with E-state index in [-0.39, 0.29) is 35.8 Å². The number of rotatable bonds is 17. The minimum atomic E-state index is -1.26. The second-order valence-electron chi connectivity index (χ2n) is 8.71. The van der Waals surface area contributed by atoms with Crippen LogP contribution in [0, 0.1) is 23.3 Å². The monoisotopic (exact) mass is 482 g/mol. The Hall–Kier alpha value is -2.24. The fourth-order valence-electron chi connectivity index (χ4n) is 3.83. The highest BCUT2D eigenvalue weighted by atomic mass is 19.2. The van der Waals surface area contributed by atoms with Crippen molar-refractivity contribution < 1.29 is 27.0 Å². The summed E-state index contributed by atoms with van der Waals surface area (Å²) in [4.78, 5) is 0. The van der Waals surface area contributed by atoms with E-state index in [4.69, 9.17) is 9.47 Å². The van der Waals surface area contributed by atoms with Crippen LogP contribution in [0.1, 0.15) is 90.9 Å². The number of unbranched alkanes of at least 4 members (excludes halogenated alkanes) is 10. The zero-order valence-corrected chi connectivity index (χ0v) is 20.5. The smallest absolute Gasteiger partial charge is 0.201 e. The van der Waals surface area contributed by atoms with Crippen molar-refractivity contribution in [3.63, 3.8) is 0 Å². The van der Waals surface area contributed by atoms with Crippen molar-refractivity contribution in [1.82, 2.24) is 0 Å². The van der Waals surface area contributed by atoms with Crippen LogP contribution in [-0.4, -0.2) is 13.2 Å². The van der Waals surface area contributed by atoms with Gasteiger partial charge in [0.1, 0.15) is 0 Å². The molecule has 190 valence electrons. The van der Waals surface area contributed by atoms with Crippen LogP contribution in [-0.2, 0) is 0 Å². The van der Waals surface area contributed by atoms with Gasteiger partial charge in [0.25, 0.3) is 0 Å². The third kappa shape index (κ3) is 8.52. The summed E-state index contributed by atoms with van der Waals surface area (Å²) >= 11 is 0. The molecule has 6 heteroatoms. The molecule has 0 atom stereocenters. The van der Waals surface area contributed by atoms with E-state index in [2.05, 4.69) is 13.8 Å². The fourth-order valence-corrected chi connectivity index (χ4v) is 3.83. The molecule has 0 aliphatic carbocycles. The molecular weight excluding hydrogens is 444 g/mol. The SMILES string of the molecule is CCCCCCCCOc1ccc(-c2ccc(OCCCCCCCC)c(F)c2F)c(F)c1F. The molecule has 0 bridgehead atoms. The van der Waals surface area contributed by atoms with Crippen LogP contribution in [0.15, 0.2) is 24.3 Å². The van der Waals surface area contributed by atoms with Crippen LogP contribution in [0.4, 0.5) is 17.6 Å². The lowest BCUT2D eigenvalue weighted by Gasteiger charge is -2.13. The Bertz CT molecular complexity index is 798. The summed E-state index contributed by atoms with van der Waals surface area (Å²) in [7, 11) is 0. The van der Waals surface area contributed by atoms with Crippen molar-refractivity contribution >= 4 is 0 Å². The van der Waals surface area contributed by atoms with Gasteiger partial charge in [0.15, 0.2) is 23.1 Å². The molecule has 0 aromatic heterocycles. The molecule has 0 amide bonds. The van der Waals surface area contributed by atoms with Crippen molar-refractivity contribution in [3.8, 4) is 22.6 Å². The van der Waals surface area contributed by atoms with Crippen molar-refractivity contribution in [1.29, 1.82) is 0 Å². The number of benzene rings is 2. The van der Waals surface area contributed by atoms with Gasteiger partial charge in [0.2, 0.25) is 11.6 Å². The Labute approximate surface area is 201 Å². The van der Waals surface area contributed by atoms with Gasteiger partial charge in [-0.05, 0) is 37.1 Å². The van der Waals surface area contributed by atoms with Crippen LogP contribution in [0.3, 0.4) is 0 Å². The van der Waals surface area contributed by atoms with Crippen molar-refractivity contribution in [3.05, 3.63) is 47.5 Å². The van der Waals surface area contributed by atoms with Gasteiger partial charge in [-0.2, -0.15) is 8.78 Å². The van der Waals surface area contributed by atoms with Gasteiger partial charge in [-0.15, -0.1) is 0 Å². The normalized spacial score (nSPS) is 11.1. The van der Waals surface area contributed by atoms with Gasteiger partial charge in [-0.3, -0.25) is 0 Å². The van der Waals surface area contributed by atoms with E-state index in [9.17, 15) is 17.6 Å². The first-order valence-corrected chi connectivity index (χ1v) is 12.7. The van der Waals surface area contributed by atoms with E-state index < -0.39 is 23.3 Å². The molecule has 0 spiro atoms. The van der Waals surface area contributed by atoms with Crippen LogP contribution in [0.5, 0.6) is 11.5 Å². The summed E-state index contributed by atoms with van der Waals surface area (Å²) < 4.78 is 69.1. The number of hydrogen-bond acceptors (Lipinski definition) is 2. The van der Waals surface area contributed by atoms with Gasteiger partial charge in [-0.1, -0.05) is 78.1 Å². The fraction of sp³-hybridized carbons (Fsp3) is 0.571. The zero-order chi connectivity index (χ0) is 24.8. The highest BCUT2D eigenvalue weighted by Gasteiger charge is 2.22. The van der Waals surface area contributed by atoms with Gasteiger partial charge < -0.3 is 9.47 Å². The Morgan fingerprint density at radius 1 is 0.471 bits per heavy atom. The van der Waals surface area contributed by atoms with Crippen LogP contribution in [0.2, 0.25) is 0 Å². The van der Waals surface area contributed by atoms with Crippen molar-refractivity contribution in [2.45, 2.75) is 90.9 Å². The molecule has 0 heterocycles. The minimum absolute atomic E-state index is 0.227. The second kappa shape index (κ2) is 15.6. The van der Waals surface area contributed by atoms with Crippen molar-refractivity contribution in [2.75, 3.05) is 13.2 Å². The average molecular weight is 483 g/mol. The summed E-state index contributed by atoms with van der Waals surface area (Å²) in [6, 6.07) is 4.93. The highest BCUT2D eigenvalue weighted by Crippen LogP contribution is 2.34. The molecule has 0 saturated heterocycles. The summed E-state index contributed by atoms with van der Waals surface area (Å²) in [6.07, 6.45) is 12.6. The van der Waals surface area contributed by atoms with Gasteiger partial charge in [0.05, 0.1) is 13.2 Å². The third-order valence-electron chi connectivity index (χ3n) is 5.89. The van der Waals surface area contributed by atoms with Crippen LogP contribution >= 0.6 is 0 Å². The molecule has 2 nitrogen and oxygen atoms in total. The molecule has 0 aliphatic rings. The lowest BCUT2D eigenvalue weighted by Crippen LogP contribution is -2.04. The summed E-state index contributed by atoms with van der Waals surface area (Å²) in [5.74, 6) is -5.39. The largest absolute Gasteiger partial charge is 0.490 e. The Morgan fingerprint density at radius 2 is 0.824 bits per heavy atom. The predicted octanol–water partition coefficient (Wildman–Crippen LogP) is 9.39. The van der Waals surface area contributed by atoms with Crippen molar-refractivity contribution in [2.24, 2.45) is 0 Å². The lowest BCUT2D eigenvalue weighted by molar-refractivity contribution is 0.284. The first-order valence-electron chi connectivity index (χ1n) is 12.7. The van der Waals surface area contributed by atoms with E-state index in [0.717, 1.165) is 64.2 Å². The quantitative estimate of drug-likeness (QED) is 0.165. The molecule has 0 fully saturated rings. The Kier molecular flexibility index (Phi) is 12.9. The molecule has 34 heavy (non-hydrogen) atoms. The van der Waals surface area contributed by atoms with Gasteiger partial charge >= 0.3 is 0 Å². The maximum Gasteiger partial charge on any atom is 0.201 e. The van der Waals surface area contributed by atoms with E-state index in [0.29, 0.717) is 0 Å². The molecule has 0 radical (unpaired) electrons. The second-order valence-corrected chi connectivity index (χ2v) is 8.71. The molecule has 2 rings (SSSR count). The highest BCUT2D eigenvalue weighted by molar-refractivity contribution is 5.67. The standard InChI is InChI=1S/C28H38F4O2/c1-3-5-7-9-11-13-19-33-23-17-15-21(25(29)27(23)31)22-16-18-24(28(32)26(22)30)34-20-14-12-10-8-6-4-2/h15-18H,3-14,19-20H2,1-2H3. The maximum absolute atomic E-state index is 14.7. The van der Waals surface area contributed by atoms with Gasteiger partial charge in [0, 0.05) is 11.1 Å². The topological polar surface area (TPSA) is 18.5 Å². The first kappa shape index (κ1) is 28.0. The van der Waals surface area contributed by atoms with E-state index in [1.807, 2.05) is 0 Å². The first-order chi connectivity index (χ1) is 16.5. The number of halogens is 4. The Balaban J connectivity index is 1.95. The van der Waals surface area contributed by atoms with Crippen LogP contribution in [0.25, 0.3) is 11.1 Å². The minimum Gasteiger partial charge on any atom is -0.490 e. The van der Waals surface area contributed by atoms with Gasteiger partial charge in [-0.25, -0.2) is 8.78 Å². The average Bonchev–Trinajstić information content (AvgIpc) is 2.83. The lowest BCUT2D eigenvalue weighted by atomic mass is 10.0. The maximum atomic E-state index is 14.7. The molecule has 0 N–H and O–H groups in total. The third-order valence-corrected chi connectivity index (χ3v) is 5.89. The number of ether oxygens (including phenoxy) is 2. The predicted molar refractivity (Wildman–Crippen MR) is 129 cm³/mol. The molecule has 0 aliphatic heterocycles. The molecule has 2 aromatic carbocycles. The molecule has 2 aromatic rings. The summed E-state index contributed by atoms with van der Waals surface area (Å²) in [5.41, 5.74) is -0.716. The van der Waals surface area contributed by atoms with E-state index >= 15 is 0 Å².